The van der Waals surface area contributed by atoms with Crippen molar-refractivity contribution < 1.29 is 19.4 Å². The Morgan fingerprint density at radius 1 is 1.14 bits per heavy atom. The molecule has 0 saturated heterocycles. The second-order valence-electron chi connectivity index (χ2n) is 6.45. The Hall–Kier alpha value is -3.51. The van der Waals surface area contributed by atoms with Crippen LogP contribution in [0, 0.1) is 0 Å². The molecule has 1 amide bonds. The summed E-state index contributed by atoms with van der Waals surface area (Å²) in [6.45, 7) is 0.456. The number of amides is 1. The van der Waals surface area contributed by atoms with Crippen LogP contribution in [0.1, 0.15) is 29.9 Å². The number of nitrogens with zero attached hydrogens (tertiary/aromatic N) is 3. The fraction of sp³-hybridized carbons (Fsp3) is 0.300. The second kappa shape index (κ2) is 8.92. The van der Waals surface area contributed by atoms with Gasteiger partial charge in [-0.05, 0) is 40.6 Å². The molecule has 2 N–H and O–H groups in total. The van der Waals surface area contributed by atoms with Crippen LogP contribution < -0.4 is 5.32 Å². The summed E-state index contributed by atoms with van der Waals surface area (Å²) < 4.78 is 5.39. The summed E-state index contributed by atoms with van der Waals surface area (Å²) in [4.78, 5) is 25.4. The van der Waals surface area contributed by atoms with Gasteiger partial charge in [0.05, 0.1) is 0 Å². The number of benzene rings is 2. The molecule has 0 saturated carbocycles. The number of hydrogen-bond donors (Lipinski definition) is 2. The fourth-order valence-electron chi connectivity index (χ4n) is 3.43. The molecule has 1 unspecified atom stereocenters. The number of alkyl carbamates (subject to hydrolysis) is 1. The zero-order valence-corrected chi connectivity index (χ0v) is 15.1. The molecule has 0 fully saturated rings. The first-order valence-corrected chi connectivity index (χ1v) is 8.97. The van der Waals surface area contributed by atoms with Gasteiger partial charge in [-0.3, -0.25) is 4.79 Å². The van der Waals surface area contributed by atoms with Crippen LogP contribution in [0.5, 0.6) is 0 Å². The summed E-state index contributed by atoms with van der Waals surface area (Å²) in [6, 6.07) is 15.0. The Morgan fingerprint density at radius 3 is 2.32 bits per heavy atom. The highest BCUT2D eigenvalue weighted by molar-refractivity contribution is 5.79. The van der Waals surface area contributed by atoms with Crippen molar-refractivity contribution in [3.63, 3.8) is 0 Å². The molecule has 0 bridgehead atoms. The lowest BCUT2D eigenvalue weighted by Gasteiger charge is -2.14. The van der Waals surface area contributed by atoms with Crippen molar-refractivity contribution in [1.82, 2.24) is 5.32 Å². The molecule has 0 radical (unpaired) electrons. The van der Waals surface area contributed by atoms with Gasteiger partial charge in [-0.25, -0.2) is 4.79 Å². The van der Waals surface area contributed by atoms with Crippen molar-refractivity contribution >= 4 is 12.1 Å². The van der Waals surface area contributed by atoms with Crippen LogP contribution in [0.4, 0.5) is 4.79 Å². The Balaban J connectivity index is 1.51. The molecule has 3 rings (SSSR count). The van der Waals surface area contributed by atoms with Gasteiger partial charge in [0.1, 0.15) is 12.6 Å². The lowest BCUT2D eigenvalue weighted by atomic mass is 9.98. The molecule has 8 nitrogen and oxygen atoms in total. The van der Waals surface area contributed by atoms with E-state index in [4.69, 9.17) is 15.4 Å². The van der Waals surface area contributed by atoms with Gasteiger partial charge in [0.25, 0.3) is 0 Å². The van der Waals surface area contributed by atoms with Gasteiger partial charge in [-0.15, -0.1) is 0 Å². The van der Waals surface area contributed by atoms with Crippen LogP contribution in [-0.4, -0.2) is 36.4 Å². The third kappa shape index (κ3) is 4.24. The smallest absolute Gasteiger partial charge is 0.407 e. The molecule has 1 aliphatic carbocycles. The average molecular weight is 380 g/mol. The van der Waals surface area contributed by atoms with E-state index < -0.39 is 18.1 Å². The summed E-state index contributed by atoms with van der Waals surface area (Å²) in [5, 5.41) is 14.7. The summed E-state index contributed by atoms with van der Waals surface area (Å²) >= 11 is 0. The Bertz CT molecular complexity index is 876. The maximum absolute atomic E-state index is 12.0. The third-order valence-corrected chi connectivity index (χ3v) is 4.74. The number of fused-ring (bicyclic) bond motifs is 3. The molecular formula is C20H20N4O4. The first-order chi connectivity index (χ1) is 13.6. The highest BCUT2D eigenvalue weighted by Gasteiger charge is 2.28. The van der Waals surface area contributed by atoms with Crippen LogP contribution in [0.2, 0.25) is 0 Å². The van der Waals surface area contributed by atoms with Crippen molar-refractivity contribution in [2.75, 3.05) is 13.2 Å². The van der Waals surface area contributed by atoms with Crippen molar-refractivity contribution in [2.24, 2.45) is 5.11 Å². The lowest BCUT2D eigenvalue weighted by Crippen LogP contribution is -2.28. The molecule has 28 heavy (non-hydrogen) atoms. The first-order valence-electron chi connectivity index (χ1n) is 8.97. The monoisotopic (exact) mass is 380 g/mol. The average Bonchev–Trinajstić information content (AvgIpc) is 3.02. The van der Waals surface area contributed by atoms with Gasteiger partial charge in [0, 0.05) is 17.4 Å². The van der Waals surface area contributed by atoms with Crippen LogP contribution in [-0.2, 0) is 9.53 Å². The Kier molecular flexibility index (Phi) is 6.14. The van der Waals surface area contributed by atoms with E-state index in [9.17, 15) is 9.59 Å². The molecule has 1 aliphatic rings. The number of carboxylic acid groups (broad SMARTS) is 1. The van der Waals surface area contributed by atoms with Crippen LogP contribution >= 0.6 is 0 Å². The van der Waals surface area contributed by atoms with Gasteiger partial charge >= 0.3 is 12.1 Å². The van der Waals surface area contributed by atoms with Crippen LogP contribution in [0.25, 0.3) is 21.6 Å². The SMILES string of the molecule is [N-]=[N+]=NC(CCCNC(=O)OCC1c2ccccc2-c2ccccc21)C(=O)O. The maximum atomic E-state index is 12.0. The Labute approximate surface area is 161 Å². The van der Waals surface area contributed by atoms with E-state index in [-0.39, 0.29) is 25.5 Å². The highest BCUT2D eigenvalue weighted by Crippen LogP contribution is 2.44. The van der Waals surface area contributed by atoms with E-state index in [2.05, 4.69) is 27.5 Å². The van der Waals surface area contributed by atoms with E-state index in [1.54, 1.807) is 0 Å². The zero-order valence-electron chi connectivity index (χ0n) is 15.1. The topological polar surface area (TPSA) is 124 Å². The quantitative estimate of drug-likeness (QED) is 0.310. The minimum Gasteiger partial charge on any atom is -0.481 e. The number of hydrogen-bond acceptors (Lipinski definition) is 4. The molecule has 2 aromatic carbocycles. The number of carboxylic acids is 1. The van der Waals surface area contributed by atoms with E-state index in [0.717, 1.165) is 22.3 Å². The molecule has 1 atom stereocenters. The number of carbonyl (C=O) groups excluding carboxylic acids is 1. The predicted molar refractivity (Wildman–Crippen MR) is 103 cm³/mol. The number of ether oxygens (including phenoxy) is 1. The number of azide groups is 1. The number of carbonyl (C=O) groups is 2. The molecule has 0 spiro atoms. The largest absolute Gasteiger partial charge is 0.481 e. The van der Waals surface area contributed by atoms with Crippen molar-refractivity contribution in [2.45, 2.75) is 24.8 Å². The van der Waals surface area contributed by atoms with Gasteiger partial charge in [0.2, 0.25) is 0 Å². The van der Waals surface area contributed by atoms with Crippen molar-refractivity contribution in [3.05, 3.63) is 70.1 Å². The van der Waals surface area contributed by atoms with Gasteiger partial charge in [0.15, 0.2) is 0 Å². The fourth-order valence-corrected chi connectivity index (χ4v) is 3.43. The van der Waals surface area contributed by atoms with Gasteiger partial charge in [-0.1, -0.05) is 53.6 Å². The van der Waals surface area contributed by atoms with Crippen molar-refractivity contribution in [1.29, 1.82) is 0 Å². The first kappa shape index (κ1) is 19.3. The maximum Gasteiger partial charge on any atom is 0.407 e. The number of rotatable bonds is 8. The number of aliphatic carboxylic acids is 1. The van der Waals surface area contributed by atoms with Crippen LogP contribution in [0.15, 0.2) is 53.6 Å². The van der Waals surface area contributed by atoms with E-state index in [1.807, 2.05) is 36.4 Å². The molecule has 0 aromatic heterocycles. The highest BCUT2D eigenvalue weighted by atomic mass is 16.5. The summed E-state index contributed by atoms with van der Waals surface area (Å²) in [6.07, 6.45) is -0.0546. The predicted octanol–water partition coefficient (Wildman–Crippen LogP) is 4.07. The third-order valence-electron chi connectivity index (χ3n) is 4.74. The van der Waals surface area contributed by atoms with E-state index in [1.165, 1.54) is 0 Å². The van der Waals surface area contributed by atoms with Gasteiger partial charge in [-0.2, -0.15) is 0 Å². The van der Waals surface area contributed by atoms with Gasteiger partial charge < -0.3 is 15.2 Å². The second-order valence-corrected chi connectivity index (χ2v) is 6.45. The van der Waals surface area contributed by atoms with E-state index in [0.29, 0.717) is 6.42 Å². The summed E-state index contributed by atoms with van der Waals surface area (Å²) in [5.41, 5.74) is 12.9. The molecule has 0 aliphatic heterocycles. The molecule has 8 heteroatoms. The molecular weight excluding hydrogens is 360 g/mol. The normalized spacial score (nSPS) is 13.0. The lowest BCUT2D eigenvalue weighted by molar-refractivity contribution is -0.138. The molecule has 2 aromatic rings. The number of nitrogens with one attached hydrogen (secondary N) is 1. The molecule has 0 heterocycles. The van der Waals surface area contributed by atoms with Crippen molar-refractivity contribution in [3.8, 4) is 11.1 Å². The zero-order chi connectivity index (χ0) is 19.9. The van der Waals surface area contributed by atoms with Crippen LogP contribution in [0.3, 0.4) is 0 Å². The minimum atomic E-state index is -1.18. The molecule has 144 valence electrons. The van der Waals surface area contributed by atoms with E-state index >= 15 is 0 Å². The standard InChI is InChI=1S/C20H20N4O4/c21-24-23-18(19(25)26)10-5-11-22-20(27)28-12-17-15-8-3-1-6-13(15)14-7-2-4-9-16(14)17/h1-4,6-9,17-18H,5,10-12H2,(H,22,27)(H,25,26). The summed E-state index contributed by atoms with van der Waals surface area (Å²) in [5.74, 6) is -1.20. The summed E-state index contributed by atoms with van der Waals surface area (Å²) in [7, 11) is 0. The minimum absolute atomic E-state index is 0.0143. The Morgan fingerprint density at radius 2 is 1.75 bits per heavy atom.